The van der Waals surface area contributed by atoms with Crippen molar-refractivity contribution in [2.24, 2.45) is 0 Å². The predicted octanol–water partition coefficient (Wildman–Crippen LogP) is 1.96. The third-order valence-electron chi connectivity index (χ3n) is 3.78. The van der Waals surface area contributed by atoms with Gasteiger partial charge < -0.3 is 19.4 Å². The van der Waals surface area contributed by atoms with E-state index in [1.807, 2.05) is 30.0 Å². The van der Waals surface area contributed by atoms with E-state index in [0.29, 0.717) is 32.0 Å². The van der Waals surface area contributed by atoms with Gasteiger partial charge in [-0.2, -0.15) is 0 Å². The van der Waals surface area contributed by atoms with Gasteiger partial charge in [-0.1, -0.05) is 0 Å². The number of aryl methyl sites for hydroxylation is 1. The van der Waals surface area contributed by atoms with Gasteiger partial charge in [0, 0.05) is 24.0 Å². The van der Waals surface area contributed by atoms with Gasteiger partial charge in [0.05, 0.1) is 20.3 Å². The maximum absolute atomic E-state index is 12.6. The fraction of sp³-hybridized carbons (Fsp3) is 0.400. The zero-order chi connectivity index (χ0) is 14.1. The van der Waals surface area contributed by atoms with Crippen LogP contribution in [0.15, 0.2) is 18.2 Å². The number of aromatic amines is 1. The molecule has 0 bridgehead atoms. The van der Waals surface area contributed by atoms with Crippen LogP contribution in [0.5, 0.6) is 5.75 Å². The fourth-order valence-electron chi connectivity index (χ4n) is 2.57. The van der Waals surface area contributed by atoms with Gasteiger partial charge in [-0.15, -0.1) is 0 Å². The highest BCUT2D eigenvalue weighted by molar-refractivity contribution is 6.01. The predicted molar refractivity (Wildman–Crippen MR) is 76.3 cm³/mol. The Balaban J connectivity index is 1.98. The number of H-pyrrole nitrogens is 1. The molecular formula is C15H18N2O3. The van der Waals surface area contributed by atoms with Gasteiger partial charge in [0.1, 0.15) is 11.4 Å². The number of hydrogen-bond donors (Lipinski definition) is 1. The third kappa shape index (κ3) is 2.14. The van der Waals surface area contributed by atoms with Gasteiger partial charge in [0.25, 0.3) is 5.91 Å². The summed E-state index contributed by atoms with van der Waals surface area (Å²) in [6.45, 7) is 4.48. The van der Waals surface area contributed by atoms with Crippen molar-refractivity contribution >= 4 is 16.8 Å². The SMILES string of the molecule is COc1ccc2[nH]c(C(=O)N3CCOCC3)c(C)c2c1. The van der Waals surface area contributed by atoms with Crippen molar-refractivity contribution in [3.05, 3.63) is 29.5 Å². The maximum Gasteiger partial charge on any atom is 0.270 e. The number of carbonyl (C=O) groups excluding carboxylic acids is 1. The molecule has 106 valence electrons. The molecule has 5 heteroatoms. The highest BCUT2D eigenvalue weighted by Gasteiger charge is 2.22. The molecule has 0 unspecified atom stereocenters. The molecule has 1 aromatic heterocycles. The molecule has 1 N–H and O–H groups in total. The lowest BCUT2D eigenvalue weighted by Gasteiger charge is -2.26. The molecule has 1 aromatic carbocycles. The smallest absolute Gasteiger partial charge is 0.270 e. The molecule has 0 spiro atoms. The Kier molecular flexibility index (Phi) is 3.36. The first-order chi connectivity index (χ1) is 9.70. The molecule has 0 saturated carbocycles. The number of nitrogens with one attached hydrogen (secondary N) is 1. The molecule has 1 aliphatic rings. The van der Waals surface area contributed by atoms with Crippen LogP contribution < -0.4 is 4.74 Å². The Bertz CT molecular complexity index is 642. The van der Waals surface area contributed by atoms with E-state index in [4.69, 9.17) is 9.47 Å². The third-order valence-corrected chi connectivity index (χ3v) is 3.78. The minimum Gasteiger partial charge on any atom is -0.497 e. The van der Waals surface area contributed by atoms with Gasteiger partial charge in [-0.25, -0.2) is 0 Å². The van der Waals surface area contributed by atoms with Gasteiger partial charge >= 0.3 is 0 Å². The lowest BCUT2D eigenvalue weighted by Crippen LogP contribution is -2.41. The molecule has 3 rings (SSSR count). The number of fused-ring (bicyclic) bond motifs is 1. The second-order valence-corrected chi connectivity index (χ2v) is 4.94. The Hall–Kier alpha value is -2.01. The van der Waals surface area contributed by atoms with Crippen molar-refractivity contribution < 1.29 is 14.3 Å². The Labute approximate surface area is 117 Å². The molecule has 1 saturated heterocycles. The number of nitrogens with zero attached hydrogens (tertiary/aromatic N) is 1. The zero-order valence-electron chi connectivity index (χ0n) is 11.7. The maximum atomic E-state index is 12.6. The highest BCUT2D eigenvalue weighted by Crippen LogP contribution is 2.26. The van der Waals surface area contributed by atoms with E-state index in [1.54, 1.807) is 7.11 Å². The molecule has 20 heavy (non-hydrogen) atoms. The van der Waals surface area contributed by atoms with Crippen molar-refractivity contribution in [3.8, 4) is 5.75 Å². The number of carbonyl (C=O) groups is 1. The summed E-state index contributed by atoms with van der Waals surface area (Å²) in [7, 11) is 1.64. The van der Waals surface area contributed by atoms with E-state index in [9.17, 15) is 4.79 Å². The first-order valence-electron chi connectivity index (χ1n) is 6.74. The van der Waals surface area contributed by atoms with E-state index in [0.717, 1.165) is 22.2 Å². The molecule has 0 radical (unpaired) electrons. The molecule has 2 aromatic rings. The van der Waals surface area contributed by atoms with Crippen molar-refractivity contribution in [2.75, 3.05) is 33.4 Å². The molecule has 2 heterocycles. The lowest BCUT2D eigenvalue weighted by atomic mass is 10.1. The van der Waals surface area contributed by atoms with Crippen LogP contribution in [-0.4, -0.2) is 49.2 Å². The molecule has 1 amide bonds. The Morgan fingerprint density at radius 2 is 2.10 bits per heavy atom. The van der Waals surface area contributed by atoms with Crippen LogP contribution in [0.3, 0.4) is 0 Å². The van der Waals surface area contributed by atoms with Gasteiger partial charge in [0.15, 0.2) is 0 Å². The normalized spacial score (nSPS) is 15.6. The van der Waals surface area contributed by atoms with E-state index in [-0.39, 0.29) is 5.91 Å². The first kappa shape index (κ1) is 13.0. The van der Waals surface area contributed by atoms with Crippen LogP contribution >= 0.6 is 0 Å². The highest BCUT2D eigenvalue weighted by atomic mass is 16.5. The van der Waals surface area contributed by atoms with Crippen LogP contribution in [0.2, 0.25) is 0 Å². The number of benzene rings is 1. The summed E-state index contributed by atoms with van der Waals surface area (Å²) in [6, 6.07) is 5.79. The summed E-state index contributed by atoms with van der Waals surface area (Å²) < 4.78 is 10.5. The summed E-state index contributed by atoms with van der Waals surface area (Å²) >= 11 is 0. The number of hydrogen-bond acceptors (Lipinski definition) is 3. The number of morpholine rings is 1. The van der Waals surface area contributed by atoms with Crippen molar-refractivity contribution in [1.29, 1.82) is 0 Å². The van der Waals surface area contributed by atoms with Crippen LogP contribution in [0.25, 0.3) is 10.9 Å². The summed E-state index contributed by atoms with van der Waals surface area (Å²) in [5.74, 6) is 0.839. The minimum atomic E-state index is 0.0426. The molecule has 0 aliphatic carbocycles. The Morgan fingerprint density at radius 1 is 1.35 bits per heavy atom. The van der Waals surface area contributed by atoms with Gasteiger partial charge in [-0.05, 0) is 30.7 Å². The summed E-state index contributed by atoms with van der Waals surface area (Å²) in [4.78, 5) is 17.6. The number of methoxy groups -OCH3 is 1. The minimum absolute atomic E-state index is 0.0426. The van der Waals surface area contributed by atoms with E-state index in [2.05, 4.69) is 4.98 Å². The number of aromatic nitrogens is 1. The van der Waals surface area contributed by atoms with Gasteiger partial charge in [-0.3, -0.25) is 4.79 Å². The molecule has 1 aliphatic heterocycles. The lowest BCUT2D eigenvalue weighted by molar-refractivity contribution is 0.0299. The zero-order valence-corrected chi connectivity index (χ0v) is 11.7. The average molecular weight is 274 g/mol. The quantitative estimate of drug-likeness (QED) is 0.910. The summed E-state index contributed by atoms with van der Waals surface area (Å²) in [5, 5.41) is 1.03. The van der Waals surface area contributed by atoms with Crippen LogP contribution in [0.4, 0.5) is 0 Å². The van der Waals surface area contributed by atoms with Crippen LogP contribution in [0.1, 0.15) is 16.1 Å². The number of rotatable bonds is 2. The van der Waals surface area contributed by atoms with E-state index in [1.165, 1.54) is 0 Å². The van der Waals surface area contributed by atoms with Crippen LogP contribution in [-0.2, 0) is 4.74 Å². The van der Waals surface area contributed by atoms with E-state index < -0.39 is 0 Å². The molecule has 5 nitrogen and oxygen atoms in total. The summed E-state index contributed by atoms with van der Waals surface area (Å²) in [5.41, 5.74) is 2.59. The van der Waals surface area contributed by atoms with Gasteiger partial charge in [0.2, 0.25) is 0 Å². The molecule has 0 atom stereocenters. The van der Waals surface area contributed by atoms with Crippen molar-refractivity contribution in [2.45, 2.75) is 6.92 Å². The average Bonchev–Trinajstić information content (AvgIpc) is 2.84. The van der Waals surface area contributed by atoms with Crippen LogP contribution in [0, 0.1) is 6.92 Å². The molecular weight excluding hydrogens is 256 g/mol. The number of amides is 1. The first-order valence-corrected chi connectivity index (χ1v) is 6.74. The number of ether oxygens (including phenoxy) is 2. The summed E-state index contributed by atoms with van der Waals surface area (Å²) in [6.07, 6.45) is 0. The fourth-order valence-corrected chi connectivity index (χ4v) is 2.57. The second-order valence-electron chi connectivity index (χ2n) is 4.94. The standard InChI is InChI=1S/C15H18N2O3/c1-10-12-9-11(19-2)3-4-13(12)16-14(10)15(18)17-5-7-20-8-6-17/h3-4,9,16H,5-8H2,1-2H3. The molecule has 1 fully saturated rings. The van der Waals surface area contributed by atoms with E-state index >= 15 is 0 Å². The van der Waals surface area contributed by atoms with Crippen molar-refractivity contribution in [1.82, 2.24) is 9.88 Å². The second kappa shape index (κ2) is 5.17. The topological polar surface area (TPSA) is 54.6 Å². The Morgan fingerprint density at radius 3 is 2.80 bits per heavy atom. The largest absolute Gasteiger partial charge is 0.497 e. The monoisotopic (exact) mass is 274 g/mol. The van der Waals surface area contributed by atoms with Crippen molar-refractivity contribution in [3.63, 3.8) is 0 Å².